The van der Waals surface area contributed by atoms with Gasteiger partial charge in [-0.05, 0) is 42.5 Å². The third-order valence-electron chi connectivity index (χ3n) is 4.76. The van der Waals surface area contributed by atoms with Gasteiger partial charge in [0.15, 0.2) is 0 Å². The Morgan fingerprint density at radius 3 is 1.59 bits per heavy atom. The van der Waals surface area contributed by atoms with Crippen LogP contribution in [0.25, 0.3) is 0 Å². The molecule has 0 spiro atoms. The van der Waals surface area contributed by atoms with E-state index in [4.69, 9.17) is 21.1 Å². The van der Waals surface area contributed by atoms with Gasteiger partial charge in [-0.25, -0.2) is 14.5 Å². The molecule has 32 heavy (non-hydrogen) atoms. The number of nitrogens with zero attached hydrogens (tertiary/aromatic N) is 1. The third kappa shape index (κ3) is 4.24. The minimum absolute atomic E-state index is 0.173. The zero-order valence-corrected chi connectivity index (χ0v) is 17.3. The van der Waals surface area contributed by atoms with Gasteiger partial charge in [-0.2, -0.15) is 0 Å². The number of benzene rings is 3. The molecular weight excluding hydrogens is 434 g/mol. The molecule has 0 N–H and O–H groups in total. The Balaban J connectivity index is 1.66. The molecule has 2 amide bonds. The molecule has 1 fully saturated rings. The van der Waals surface area contributed by atoms with Crippen LogP contribution in [0.3, 0.4) is 0 Å². The van der Waals surface area contributed by atoms with Crippen molar-refractivity contribution < 1.29 is 28.7 Å². The molecule has 0 saturated carbocycles. The lowest BCUT2D eigenvalue weighted by Crippen LogP contribution is -2.37. The number of ether oxygens (including phenoxy) is 2. The molecule has 8 heteroatoms. The van der Waals surface area contributed by atoms with Crippen molar-refractivity contribution in [3.63, 3.8) is 0 Å². The Labute approximate surface area is 188 Å². The Kier molecular flexibility index (Phi) is 6.00. The fraction of sp³-hybridized carbons (Fsp3) is 0.0833. The number of rotatable bonds is 5. The molecule has 0 aliphatic carbocycles. The summed E-state index contributed by atoms with van der Waals surface area (Å²) in [7, 11) is 0. The van der Waals surface area contributed by atoms with Crippen molar-refractivity contribution in [1.29, 1.82) is 0 Å². The summed E-state index contributed by atoms with van der Waals surface area (Å²) in [5.41, 5.74) is 0.538. The number of imide groups is 1. The number of anilines is 1. The van der Waals surface area contributed by atoms with E-state index in [1.165, 1.54) is 36.4 Å². The molecule has 0 aromatic heterocycles. The molecule has 3 aromatic rings. The van der Waals surface area contributed by atoms with Crippen LogP contribution in [0.5, 0.6) is 0 Å². The fourth-order valence-corrected chi connectivity index (χ4v) is 3.42. The first-order chi connectivity index (χ1) is 15.5. The van der Waals surface area contributed by atoms with Crippen LogP contribution in [0.15, 0.2) is 84.9 Å². The molecule has 2 atom stereocenters. The van der Waals surface area contributed by atoms with Crippen LogP contribution >= 0.6 is 11.6 Å². The molecule has 1 heterocycles. The minimum Gasteiger partial charge on any atom is -0.444 e. The Morgan fingerprint density at radius 2 is 1.16 bits per heavy atom. The van der Waals surface area contributed by atoms with Crippen molar-refractivity contribution in [2.75, 3.05) is 4.90 Å². The van der Waals surface area contributed by atoms with Crippen LogP contribution in [-0.2, 0) is 19.1 Å². The summed E-state index contributed by atoms with van der Waals surface area (Å²) in [6, 6.07) is 22.0. The molecule has 1 aliphatic heterocycles. The first-order valence-corrected chi connectivity index (χ1v) is 9.99. The molecule has 3 aromatic carbocycles. The average molecular weight is 450 g/mol. The van der Waals surface area contributed by atoms with Gasteiger partial charge in [0.1, 0.15) is 0 Å². The summed E-state index contributed by atoms with van der Waals surface area (Å²) >= 11 is 6.00. The number of halogens is 1. The average Bonchev–Trinajstić information content (AvgIpc) is 3.04. The van der Waals surface area contributed by atoms with Gasteiger partial charge in [-0.3, -0.25) is 9.59 Å². The highest BCUT2D eigenvalue weighted by molar-refractivity contribution is 6.31. The van der Waals surface area contributed by atoms with Gasteiger partial charge in [0.05, 0.1) is 16.8 Å². The predicted octanol–water partition coefficient (Wildman–Crippen LogP) is 3.66. The number of esters is 2. The first-order valence-electron chi connectivity index (χ1n) is 9.61. The standard InChI is InChI=1S/C24H16ClNO6/c25-17-12-7-13-18(14-17)26-21(27)19(31-23(29)15-8-3-1-4-9-15)20(22(26)28)32-24(30)16-10-5-2-6-11-16/h1-14,19-20H/t19-,20-/m1/s1. The first kappa shape index (κ1) is 21.3. The molecule has 1 aliphatic rings. The quantitative estimate of drug-likeness (QED) is 0.436. The van der Waals surface area contributed by atoms with E-state index >= 15 is 0 Å². The summed E-state index contributed by atoms with van der Waals surface area (Å²) in [4.78, 5) is 52.2. The minimum atomic E-state index is -1.65. The summed E-state index contributed by atoms with van der Waals surface area (Å²) in [5, 5.41) is 0.297. The maximum atomic E-state index is 13.1. The van der Waals surface area contributed by atoms with E-state index in [1.807, 2.05) is 0 Å². The number of hydrogen-bond acceptors (Lipinski definition) is 6. The van der Waals surface area contributed by atoms with E-state index < -0.39 is 36.0 Å². The zero-order chi connectivity index (χ0) is 22.7. The largest absolute Gasteiger partial charge is 0.444 e. The lowest BCUT2D eigenvalue weighted by atomic mass is 10.2. The van der Waals surface area contributed by atoms with Gasteiger partial charge < -0.3 is 9.47 Å². The Hall–Kier alpha value is -3.97. The predicted molar refractivity (Wildman–Crippen MR) is 115 cm³/mol. The highest BCUT2D eigenvalue weighted by atomic mass is 35.5. The van der Waals surface area contributed by atoms with E-state index in [0.29, 0.717) is 5.02 Å². The lowest BCUT2D eigenvalue weighted by molar-refractivity contribution is -0.130. The fourth-order valence-electron chi connectivity index (χ4n) is 3.23. The maximum absolute atomic E-state index is 13.1. The van der Waals surface area contributed by atoms with Crippen LogP contribution in [-0.4, -0.2) is 36.0 Å². The SMILES string of the molecule is O=C(O[C@H]1C(=O)N(c2cccc(Cl)c2)C(=O)[C@@H]1OC(=O)c1ccccc1)c1ccccc1. The van der Waals surface area contributed by atoms with Crippen molar-refractivity contribution in [2.24, 2.45) is 0 Å². The van der Waals surface area contributed by atoms with Gasteiger partial charge in [0.25, 0.3) is 11.8 Å². The molecule has 0 radical (unpaired) electrons. The number of hydrogen-bond donors (Lipinski definition) is 0. The van der Waals surface area contributed by atoms with Crippen LogP contribution in [0, 0.1) is 0 Å². The second-order valence-electron chi connectivity index (χ2n) is 6.88. The van der Waals surface area contributed by atoms with Crippen molar-refractivity contribution in [3.8, 4) is 0 Å². The van der Waals surface area contributed by atoms with Crippen molar-refractivity contribution >= 4 is 41.0 Å². The summed E-state index contributed by atoms with van der Waals surface area (Å²) in [5.74, 6) is -3.34. The van der Waals surface area contributed by atoms with Gasteiger partial charge in [0, 0.05) is 5.02 Å². The monoisotopic (exact) mass is 449 g/mol. The van der Waals surface area contributed by atoms with Gasteiger partial charge in [0.2, 0.25) is 12.2 Å². The molecule has 7 nitrogen and oxygen atoms in total. The van der Waals surface area contributed by atoms with Crippen LogP contribution < -0.4 is 4.90 Å². The maximum Gasteiger partial charge on any atom is 0.339 e. The summed E-state index contributed by atoms with van der Waals surface area (Å²) in [6.45, 7) is 0. The van der Waals surface area contributed by atoms with Crippen molar-refractivity contribution in [1.82, 2.24) is 0 Å². The summed E-state index contributed by atoms with van der Waals surface area (Å²) < 4.78 is 10.7. The molecule has 1 saturated heterocycles. The van der Waals surface area contributed by atoms with E-state index in [9.17, 15) is 19.2 Å². The number of amides is 2. The van der Waals surface area contributed by atoms with Gasteiger partial charge in [-0.1, -0.05) is 54.1 Å². The topological polar surface area (TPSA) is 90.0 Å². The molecular formula is C24H16ClNO6. The van der Waals surface area contributed by atoms with Crippen LogP contribution in [0.2, 0.25) is 5.02 Å². The third-order valence-corrected chi connectivity index (χ3v) is 4.99. The Bertz CT molecular complexity index is 1110. The van der Waals surface area contributed by atoms with Crippen LogP contribution in [0.1, 0.15) is 20.7 Å². The van der Waals surface area contributed by atoms with E-state index in [0.717, 1.165) is 4.90 Å². The normalized spacial score (nSPS) is 17.8. The molecule has 0 bridgehead atoms. The molecule has 0 unspecified atom stereocenters. The van der Waals surface area contributed by atoms with Gasteiger partial charge in [-0.15, -0.1) is 0 Å². The number of carbonyl (C=O) groups excluding carboxylic acids is 4. The van der Waals surface area contributed by atoms with Crippen molar-refractivity contribution in [3.05, 3.63) is 101 Å². The van der Waals surface area contributed by atoms with Crippen molar-refractivity contribution in [2.45, 2.75) is 12.2 Å². The summed E-state index contributed by atoms with van der Waals surface area (Å²) in [6.07, 6.45) is -3.30. The number of carbonyl (C=O) groups is 4. The highest BCUT2D eigenvalue weighted by Gasteiger charge is 2.53. The van der Waals surface area contributed by atoms with Gasteiger partial charge >= 0.3 is 11.9 Å². The Morgan fingerprint density at radius 1 is 0.688 bits per heavy atom. The van der Waals surface area contributed by atoms with Crippen LogP contribution in [0.4, 0.5) is 5.69 Å². The van der Waals surface area contributed by atoms with E-state index in [-0.39, 0.29) is 16.8 Å². The van der Waals surface area contributed by atoms with E-state index in [2.05, 4.69) is 0 Å². The second-order valence-corrected chi connectivity index (χ2v) is 7.31. The molecule has 160 valence electrons. The van der Waals surface area contributed by atoms with E-state index in [1.54, 1.807) is 48.5 Å². The zero-order valence-electron chi connectivity index (χ0n) is 16.5. The smallest absolute Gasteiger partial charge is 0.339 e. The highest BCUT2D eigenvalue weighted by Crippen LogP contribution is 2.29. The second kappa shape index (κ2) is 9.03. The molecule has 4 rings (SSSR count). The lowest BCUT2D eigenvalue weighted by Gasteiger charge is -2.16.